The number of rotatable bonds is 4. The number of aromatic hydroxyl groups is 1. The second kappa shape index (κ2) is 7.71. The number of phenols is 1. The fraction of sp³-hybridized carbons (Fsp3) is 0.250. The average molecular weight is 405 g/mol. The van der Waals surface area contributed by atoms with Crippen molar-refractivity contribution in [3.63, 3.8) is 0 Å². The molecule has 6 nitrogen and oxygen atoms in total. The Morgan fingerprint density at radius 3 is 2.63 bits per heavy atom. The molecule has 0 radical (unpaired) electrons. The summed E-state index contributed by atoms with van der Waals surface area (Å²) in [4.78, 5) is 24.8. The van der Waals surface area contributed by atoms with Crippen LogP contribution in [0.3, 0.4) is 0 Å². The lowest BCUT2D eigenvalue weighted by atomic mass is 9.89. The van der Waals surface area contributed by atoms with Crippen molar-refractivity contribution in [2.24, 2.45) is 7.05 Å². The van der Waals surface area contributed by atoms with E-state index in [9.17, 15) is 19.8 Å². The monoisotopic (exact) mass is 405 g/mol. The van der Waals surface area contributed by atoms with Crippen LogP contribution in [0.4, 0.5) is 0 Å². The number of aliphatic carboxylic acids is 1. The molecule has 4 rings (SSSR count). The van der Waals surface area contributed by atoms with Crippen LogP contribution >= 0.6 is 0 Å². The van der Waals surface area contributed by atoms with Gasteiger partial charge in [0.05, 0.1) is 18.6 Å². The third-order valence-corrected chi connectivity index (χ3v) is 5.61. The molecule has 0 aliphatic carbocycles. The second-order valence-electron chi connectivity index (χ2n) is 7.58. The van der Waals surface area contributed by atoms with Gasteiger partial charge in [-0.1, -0.05) is 18.2 Å². The van der Waals surface area contributed by atoms with Gasteiger partial charge in [-0.2, -0.15) is 0 Å². The molecule has 2 heterocycles. The Morgan fingerprint density at radius 2 is 1.90 bits per heavy atom. The molecule has 0 amide bonds. The van der Waals surface area contributed by atoms with Crippen molar-refractivity contribution in [3.05, 3.63) is 69.6 Å². The fourth-order valence-electron chi connectivity index (χ4n) is 4.21. The van der Waals surface area contributed by atoms with Crippen molar-refractivity contribution >= 4 is 5.97 Å². The molecule has 1 aliphatic rings. The highest BCUT2D eigenvalue weighted by molar-refractivity contribution is 5.83. The molecule has 2 N–H and O–H groups in total. The molecular formula is C24H23NO5. The van der Waals surface area contributed by atoms with E-state index < -0.39 is 5.97 Å². The van der Waals surface area contributed by atoms with E-state index in [1.807, 2.05) is 25.1 Å². The van der Waals surface area contributed by atoms with Crippen LogP contribution in [0.15, 0.2) is 47.3 Å². The number of pyridine rings is 1. The van der Waals surface area contributed by atoms with E-state index in [1.54, 1.807) is 31.3 Å². The van der Waals surface area contributed by atoms with Crippen molar-refractivity contribution in [3.8, 4) is 33.8 Å². The number of nitrogens with zero attached hydrogens (tertiary/aromatic N) is 1. The minimum atomic E-state index is -1.00. The summed E-state index contributed by atoms with van der Waals surface area (Å²) in [6.45, 7) is 2.52. The third kappa shape index (κ3) is 3.45. The van der Waals surface area contributed by atoms with Crippen LogP contribution < -0.4 is 10.3 Å². The maximum Gasteiger partial charge on any atom is 0.309 e. The van der Waals surface area contributed by atoms with Crippen molar-refractivity contribution < 1.29 is 19.7 Å². The van der Waals surface area contributed by atoms with Gasteiger partial charge >= 0.3 is 5.97 Å². The summed E-state index contributed by atoms with van der Waals surface area (Å²) in [5.41, 5.74) is 4.55. The zero-order chi connectivity index (χ0) is 21.4. The summed E-state index contributed by atoms with van der Waals surface area (Å²) < 4.78 is 7.12. The molecule has 0 fully saturated rings. The van der Waals surface area contributed by atoms with E-state index in [-0.39, 0.29) is 17.7 Å². The van der Waals surface area contributed by atoms with Gasteiger partial charge < -0.3 is 19.5 Å². The van der Waals surface area contributed by atoms with Crippen LogP contribution in [0, 0.1) is 6.92 Å². The van der Waals surface area contributed by atoms with Crippen molar-refractivity contribution in [2.75, 3.05) is 6.61 Å². The summed E-state index contributed by atoms with van der Waals surface area (Å²) in [6, 6.07) is 12.4. The first-order valence-corrected chi connectivity index (χ1v) is 9.86. The summed E-state index contributed by atoms with van der Waals surface area (Å²) in [5.74, 6) is -0.0893. The Morgan fingerprint density at radius 1 is 1.13 bits per heavy atom. The standard InChI is InChI=1S/C24H23NO5/c1-14-22(17-8-9-20-15(11-17)6-4-10-30-20)19(13-21(27)28)25(2)24(29)23(14)16-5-3-7-18(26)12-16/h3,5,7-9,11-12,26H,4,6,10,13H2,1-2H3,(H,27,28). The van der Waals surface area contributed by atoms with Crippen molar-refractivity contribution in [2.45, 2.75) is 26.2 Å². The number of aromatic nitrogens is 1. The van der Waals surface area contributed by atoms with Gasteiger partial charge in [-0.3, -0.25) is 9.59 Å². The molecule has 30 heavy (non-hydrogen) atoms. The number of phenolic OH excluding ortho intramolecular Hbond substituents is 1. The molecular weight excluding hydrogens is 382 g/mol. The Labute approximate surface area is 174 Å². The van der Waals surface area contributed by atoms with Crippen LogP contribution in [0.5, 0.6) is 11.5 Å². The zero-order valence-corrected chi connectivity index (χ0v) is 16.9. The molecule has 0 unspecified atom stereocenters. The normalized spacial score (nSPS) is 12.9. The molecule has 1 aliphatic heterocycles. The predicted molar refractivity (Wildman–Crippen MR) is 114 cm³/mol. The topological polar surface area (TPSA) is 88.8 Å². The number of carbonyl (C=O) groups is 1. The number of benzene rings is 2. The minimum Gasteiger partial charge on any atom is -0.508 e. The van der Waals surface area contributed by atoms with Gasteiger partial charge in [0, 0.05) is 18.3 Å². The molecule has 6 heteroatoms. The highest BCUT2D eigenvalue weighted by Gasteiger charge is 2.23. The van der Waals surface area contributed by atoms with Gasteiger partial charge in [-0.05, 0) is 66.3 Å². The van der Waals surface area contributed by atoms with Crippen molar-refractivity contribution in [1.29, 1.82) is 0 Å². The molecule has 3 aromatic rings. The number of aryl methyl sites for hydroxylation is 1. The number of fused-ring (bicyclic) bond motifs is 1. The van der Waals surface area contributed by atoms with Gasteiger partial charge in [0.2, 0.25) is 0 Å². The number of hydrogen-bond acceptors (Lipinski definition) is 4. The second-order valence-corrected chi connectivity index (χ2v) is 7.58. The highest BCUT2D eigenvalue weighted by atomic mass is 16.5. The maximum absolute atomic E-state index is 13.2. The minimum absolute atomic E-state index is 0.0658. The largest absolute Gasteiger partial charge is 0.508 e. The summed E-state index contributed by atoms with van der Waals surface area (Å²) in [6.07, 6.45) is 1.55. The zero-order valence-electron chi connectivity index (χ0n) is 16.9. The van der Waals surface area contributed by atoms with E-state index >= 15 is 0 Å². The van der Waals surface area contributed by atoms with Crippen molar-refractivity contribution in [1.82, 2.24) is 4.57 Å². The molecule has 2 aromatic carbocycles. The van der Waals surface area contributed by atoms with E-state index in [0.717, 1.165) is 35.3 Å². The van der Waals surface area contributed by atoms with Gasteiger partial charge in [-0.15, -0.1) is 0 Å². The van der Waals surface area contributed by atoms with E-state index in [1.165, 1.54) is 4.57 Å². The smallest absolute Gasteiger partial charge is 0.309 e. The lowest BCUT2D eigenvalue weighted by Gasteiger charge is -2.22. The van der Waals surface area contributed by atoms with E-state index in [2.05, 4.69) is 0 Å². The Kier molecular flexibility index (Phi) is 5.08. The third-order valence-electron chi connectivity index (χ3n) is 5.61. The first kappa shape index (κ1) is 19.8. The van der Waals surface area contributed by atoms with E-state index in [4.69, 9.17) is 4.74 Å². The number of carboxylic acid groups (broad SMARTS) is 1. The van der Waals surface area contributed by atoms with Crippen LogP contribution in [0.1, 0.15) is 23.2 Å². The molecule has 0 saturated carbocycles. The summed E-state index contributed by atoms with van der Waals surface area (Å²) in [7, 11) is 1.59. The summed E-state index contributed by atoms with van der Waals surface area (Å²) in [5, 5.41) is 19.4. The van der Waals surface area contributed by atoms with Crippen LogP contribution in [0.25, 0.3) is 22.3 Å². The van der Waals surface area contributed by atoms with Crippen LogP contribution in [-0.4, -0.2) is 27.4 Å². The van der Waals surface area contributed by atoms with E-state index in [0.29, 0.717) is 29.0 Å². The number of carboxylic acids is 1. The Bertz CT molecular complexity index is 1210. The van der Waals surface area contributed by atoms with Gasteiger partial charge in [0.1, 0.15) is 11.5 Å². The lowest BCUT2D eigenvalue weighted by Crippen LogP contribution is -2.26. The number of hydrogen-bond donors (Lipinski definition) is 2. The lowest BCUT2D eigenvalue weighted by molar-refractivity contribution is -0.136. The average Bonchev–Trinajstić information content (AvgIpc) is 2.71. The molecule has 154 valence electrons. The van der Waals surface area contributed by atoms with Gasteiger partial charge in [-0.25, -0.2) is 0 Å². The van der Waals surface area contributed by atoms with Gasteiger partial charge in [0.25, 0.3) is 5.56 Å². The predicted octanol–water partition coefficient (Wildman–Crippen LogP) is 3.69. The first-order valence-electron chi connectivity index (χ1n) is 9.86. The van der Waals surface area contributed by atoms with Gasteiger partial charge in [0.15, 0.2) is 0 Å². The molecule has 0 bridgehead atoms. The van der Waals surface area contributed by atoms with Crippen LogP contribution in [-0.2, 0) is 24.7 Å². The molecule has 1 aromatic heterocycles. The van der Waals surface area contributed by atoms with Crippen LogP contribution in [0.2, 0.25) is 0 Å². The fourth-order valence-corrected chi connectivity index (χ4v) is 4.21. The Balaban J connectivity index is 2.02. The molecule has 0 atom stereocenters. The number of ether oxygens (including phenoxy) is 1. The Hall–Kier alpha value is -3.54. The quantitative estimate of drug-likeness (QED) is 0.691. The molecule has 0 spiro atoms. The highest BCUT2D eigenvalue weighted by Crippen LogP contribution is 2.36. The first-order chi connectivity index (χ1) is 14.4. The molecule has 0 saturated heterocycles. The SMILES string of the molecule is Cc1c(-c2ccc3c(c2)CCCO3)c(CC(=O)O)n(C)c(=O)c1-c1cccc(O)c1. The maximum atomic E-state index is 13.2. The summed E-state index contributed by atoms with van der Waals surface area (Å²) >= 11 is 0.